The van der Waals surface area contributed by atoms with Crippen LogP contribution in [-0.4, -0.2) is 41.9 Å². The average Bonchev–Trinajstić information content (AvgIpc) is 1.94. The van der Waals surface area contributed by atoms with Gasteiger partial charge < -0.3 is 9.84 Å². The zero-order valence-electron chi connectivity index (χ0n) is 8.54. The van der Waals surface area contributed by atoms with Crippen molar-refractivity contribution < 1.29 is 49.4 Å². The fourth-order valence-electron chi connectivity index (χ4n) is 0.973. The van der Waals surface area contributed by atoms with Crippen molar-refractivity contribution in [3.05, 3.63) is 0 Å². The summed E-state index contributed by atoms with van der Waals surface area (Å²) in [6.07, 6.45) is -22.2. The summed E-state index contributed by atoms with van der Waals surface area (Å²) in [6.45, 7) is -1.10. The number of aliphatic hydroxyl groups is 1. The van der Waals surface area contributed by atoms with E-state index in [1.807, 2.05) is 0 Å². The number of hydrogen-bond donors (Lipinski definition) is 1. The Morgan fingerprint density at radius 2 is 1.11 bits per heavy atom. The summed E-state index contributed by atoms with van der Waals surface area (Å²) in [7, 11) is 0. The molecule has 0 saturated heterocycles. The van der Waals surface area contributed by atoms with Gasteiger partial charge in [0.25, 0.3) is 0 Å². The van der Waals surface area contributed by atoms with Crippen LogP contribution >= 0.6 is 0 Å². The van der Waals surface area contributed by atoms with E-state index in [1.54, 1.807) is 0 Å². The van der Waals surface area contributed by atoms with E-state index < -0.39 is 36.8 Å². The Kier molecular flexibility index (Phi) is 4.57. The van der Waals surface area contributed by atoms with Gasteiger partial charge in [0.2, 0.25) is 0 Å². The van der Waals surface area contributed by atoms with E-state index in [0.29, 0.717) is 6.92 Å². The minimum atomic E-state index is -6.77. The summed E-state index contributed by atoms with van der Waals surface area (Å²) in [6, 6.07) is 0. The summed E-state index contributed by atoms with van der Waals surface area (Å²) in [5.41, 5.74) is -6.32. The van der Waals surface area contributed by atoms with Gasteiger partial charge in [-0.25, -0.2) is 0 Å². The molecule has 0 aromatic carbocycles. The van der Waals surface area contributed by atoms with Gasteiger partial charge >= 0.3 is 24.1 Å². The molecule has 1 atom stereocenters. The monoisotopic (exact) mass is 294 g/mol. The summed E-state index contributed by atoms with van der Waals surface area (Å²) < 4.78 is 112. The van der Waals surface area contributed by atoms with E-state index in [0.717, 1.165) is 0 Å². The van der Waals surface area contributed by atoms with Crippen LogP contribution in [-0.2, 0) is 4.74 Å². The number of ether oxygens (including phenoxy) is 1. The lowest BCUT2D eigenvalue weighted by atomic mass is 10.0. The zero-order valence-corrected chi connectivity index (χ0v) is 8.54. The standard InChI is InChI=1S/C7H7F9O2/c1-3(17)2-18-4(5(8,9)10,6(11,12)13)7(14,15)16/h3,17H,2H2,1H3. The molecule has 0 aliphatic carbocycles. The van der Waals surface area contributed by atoms with Gasteiger partial charge in [0, 0.05) is 0 Å². The van der Waals surface area contributed by atoms with Gasteiger partial charge in [-0.3, -0.25) is 0 Å². The Morgan fingerprint density at radius 3 is 1.28 bits per heavy atom. The maximum Gasteiger partial charge on any atom is 0.435 e. The van der Waals surface area contributed by atoms with Crippen molar-refractivity contribution in [3.63, 3.8) is 0 Å². The first-order chi connectivity index (χ1) is 7.67. The lowest BCUT2D eigenvalue weighted by Gasteiger charge is -2.38. The molecule has 0 aromatic heterocycles. The van der Waals surface area contributed by atoms with Crippen molar-refractivity contribution in [3.8, 4) is 0 Å². The highest BCUT2D eigenvalue weighted by atomic mass is 19.4. The number of rotatable bonds is 3. The third-order valence-electron chi connectivity index (χ3n) is 1.74. The van der Waals surface area contributed by atoms with E-state index in [9.17, 15) is 39.5 Å². The minimum absolute atomic E-state index is 0.674. The predicted octanol–water partition coefficient (Wildman–Crippen LogP) is 2.81. The van der Waals surface area contributed by atoms with E-state index in [4.69, 9.17) is 5.11 Å². The summed E-state index contributed by atoms with van der Waals surface area (Å²) in [5, 5.41) is 8.49. The second-order valence-corrected chi connectivity index (χ2v) is 3.33. The molecule has 0 bridgehead atoms. The van der Waals surface area contributed by atoms with Crippen LogP contribution in [0, 0.1) is 0 Å². The molecule has 1 N–H and O–H groups in total. The molecule has 2 nitrogen and oxygen atoms in total. The number of alkyl halides is 9. The van der Waals surface area contributed by atoms with Crippen LogP contribution < -0.4 is 0 Å². The van der Waals surface area contributed by atoms with Crippen molar-refractivity contribution in [2.24, 2.45) is 0 Å². The van der Waals surface area contributed by atoms with Gasteiger partial charge in [0.1, 0.15) is 0 Å². The molecule has 0 aromatic rings. The lowest BCUT2D eigenvalue weighted by Crippen LogP contribution is -2.68. The Bertz CT molecular complexity index is 238. The van der Waals surface area contributed by atoms with E-state index in [-0.39, 0.29) is 0 Å². The second-order valence-electron chi connectivity index (χ2n) is 3.33. The lowest BCUT2D eigenvalue weighted by molar-refractivity contribution is -0.458. The summed E-state index contributed by atoms with van der Waals surface area (Å²) >= 11 is 0. The maximum absolute atomic E-state index is 12.2. The first-order valence-corrected chi connectivity index (χ1v) is 4.19. The molecule has 11 heteroatoms. The van der Waals surface area contributed by atoms with Gasteiger partial charge in [-0.05, 0) is 6.92 Å². The highest BCUT2D eigenvalue weighted by Crippen LogP contribution is 2.54. The molecule has 0 radical (unpaired) electrons. The largest absolute Gasteiger partial charge is 0.435 e. The number of halogens is 9. The van der Waals surface area contributed by atoms with Gasteiger partial charge in [-0.1, -0.05) is 0 Å². The van der Waals surface area contributed by atoms with Crippen LogP contribution in [0.1, 0.15) is 6.92 Å². The number of hydrogen-bond acceptors (Lipinski definition) is 2. The van der Waals surface area contributed by atoms with E-state index in [1.165, 1.54) is 0 Å². The van der Waals surface area contributed by atoms with Gasteiger partial charge in [0.15, 0.2) is 0 Å². The zero-order chi connectivity index (χ0) is 15.0. The molecule has 0 heterocycles. The van der Waals surface area contributed by atoms with Gasteiger partial charge in [-0.2, -0.15) is 39.5 Å². The average molecular weight is 294 g/mol. The van der Waals surface area contributed by atoms with Gasteiger partial charge in [0.05, 0.1) is 12.7 Å². The fourth-order valence-corrected chi connectivity index (χ4v) is 0.973. The molecule has 0 spiro atoms. The van der Waals surface area contributed by atoms with Crippen LogP contribution in [0.2, 0.25) is 0 Å². The molecule has 0 amide bonds. The van der Waals surface area contributed by atoms with Crippen LogP contribution in [0.5, 0.6) is 0 Å². The molecular formula is C7H7F9O2. The van der Waals surface area contributed by atoms with E-state index >= 15 is 0 Å². The smallest absolute Gasteiger partial charge is 0.391 e. The quantitative estimate of drug-likeness (QED) is 0.811. The first-order valence-electron chi connectivity index (χ1n) is 4.19. The Labute approximate surface area is 94.3 Å². The molecule has 0 saturated carbocycles. The predicted molar refractivity (Wildman–Crippen MR) is 38.5 cm³/mol. The number of aliphatic hydroxyl groups excluding tert-OH is 1. The first kappa shape index (κ1) is 17.3. The molecular weight excluding hydrogens is 287 g/mol. The third kappa shape index (κ3) is 2.99. The Balaban J connectivity index is 5.76. The SMILES string of the molecule is CC(O)COC(C(F)(F)F)(C(F)(F)F)C(F)(F)F. The normalized spacial score (nSPS) is 16.8. The maximum atomic E-state index is 12.2. The summed E-state index contributed by atoms with van der Waals surface area (Å²) in [4.78, 5) is 0. The topological polar surface area (TPSA) is 29.5 Å². The third-order valence-corrected chi connectivity index (χ3v) is 1.74. The van der Waals surface area contributed by atoms with Crippen molar-refractivity contribution in [1.82, 2.24) is 0 Å². The second kappa shape index (κ2) is 4.76. The van der Waals surface area contributed by atoms with Crippen molar-refractivity contribution >= 4 is 0 Å². The van der Waals surface area contributed by atoms with E-state index in [2.05, 4.69) is 4.74 Å². The highest BCUT2D eigenvalue weighted by molar-refractivity contribution is 5.02. The molecule has 0 aliphatic heterocycles. The van der Waals surface area contributed by atoms with Crippen molar-refractivity contribution in [2.75, 3.05) is 6.61 Å². The highest BCUT2D eigenvalue weighted by Gasteiger charge is 2.85. The fraction of sp³-hybridized carbons (Fsp3) is 1.00. The van der Waals surface area contributed by atoms with Crippen molar-refractivity contribution in [2.45, 2.75) is 37.2 Å². The molecule has 0 fully saturated rings. The van der Waals surface area contributed by atoms with Crippen molar-refractivity contribution in [1.29, 1.82) is 0 Å². The molecule has 1 unspecified atom stereocenters. The Morgan fingerprint density at radius 1 is 0.833 bits per heavy atom. The molecule has 18 heavy (non-hydrogen) atoms. The van der Waals surface area contributed by atoms with Crippen LogP contribution in [0.25, 0.3) is 0 Å². The van der Waals surface area contributed by atoms with Crippen LogP contribution in [0.4, 0.5) is 39.5 Å². The summed E-state index contributed by atoms with van der Waals surface area (Å²) in [5.74, 6) is 0. The van der Waals surface area contributed by atoms with Crippen LogP contribution in [0.15, 0.2) is 0 Å². The van der Waals surface area contributed by atoms with Gasteiger partial charge in [-0.15, -0.1) is 0 Å². The molecule has 0 rings (SSSR count). The minimum Gasteiger partial charge on any atom is -0.391 e. The Hall–Kier alpha value is -0.710. The molecule has 0 aliphatic rings. The van der Waals surface area contributed by atoms with Crippen LogP contribution in [0.3, 0.4) is 0 Å². The molecule has 110 valence electrons.